The Kier molecular flexibility index (Phi) is 7.35. The highest BCUT2D eigenvalue weighted by atomic mass is 19.1. The first-order chi connectivity index (χ1) is 19.0. The first-order valence-electron chi connectivity index (χ1n) is 13.6. The Hall–Kier alpha value is -4.21. The number of nitrogens with one attached hydrogen (secondary N) is 2. The smallest absolute Gasteiger partial charge is 0.410 e. The molecular formula is C30H36FN7O2. The van der Waals surface area contributed by atoms with Crippen molar-refractivity contribution >= 4 is 34.3 Å². The summed E-state index contributed by atoms with van der Waals surface area (Å²) < 4.78 is 19.1. The molecular weight excluding hydrogens is 509 g/mol. The average Bonchev–Trinajstić information content (AvgIpc) is 3.33. The van der Waals surface area contributed by atoms with Crippen molar-refractivity contribution in [1.29, 1.82) is 0 Å². The molecule has 210 valence electrons. The number of fused-ring (bicyclic) bond motifs is 1. The van der Waals surface area contributed by atoms with Gasteiger partial charge in [-0.15, -0.1) is 0 Å². The van der Waals surface area contributed by atoms with Crippen LogP contribution in [-0.2, 0) is 4.74 Å². The van der Waals surface area contributed by atoms with Gasteiger partial charge in [0.05, 0.1) is 16.8 Å². The second-order valence-electron chi connectivity index (χ2n) is 11.5. The number of carbonyl (C=O) groups is 1. The summed E-state index contributed by atoms with van der Waals surface area (Å²) in [6, 6.07) is 8.16. The number of rotatable bonds is 5. The molecule has 2 N–H and O–H groups in total. The van der Waals surface area contributed by atoms with Crippen LogP contribution >= 0.6 is 0 Å². The molecule has 0 spiro atoms. The lowest BCUT2D eigenvalue weighted by Gasteiger charge is -2.41. The minimum Gasteiger partial charge on any atom is -0.444 e. The van der Waals surface area contributed by atoms with E-state index < -0.39 is 5.60 Å². The zero-order chi connectivity index (χ0) is 28.6. The predicted octanol–water partition coefficient (Wildman–Crippen LogP) is 6.47. The molecule has 40 heavy (non-hydrogen) atoms. The monoisotopic (exact) mass is 545 g/mol. The molecule has 1 aliphatic rings. The van der Waals surface area contributed by atoms with E-state index in [2.05, 4.69) is 45.9 Å². The van der Waals surface area contributed by atoms with Crippen LogP contribution < -0.4 is 10.2 Å². The van der Waals surface area contributed by atoms with Crippen LogP contribution in [0.1, 0.15) is 53.0 Å². The van der Waals surface area contributed by atoms with Crippen LogP contribution in [0.25, 0.3) is 22.4 Å². The van der Waals surface area contributed by atoms with Crippen molar-refractivity contribution in [2.75, 3.05) is 29.9 Å². The van der Waals surface area contributed by atoms with E-state index in [0.717, 1.165) is 33.5 Å². The Morgan fingerprint density at radius 1 is 1.15 bits per heavy atom. The van der Waals surface area contributed by atoms with Gasteiger partial charge in [-0.3, -0.25) is 0 Å². The van der Waals surface area contributed by atoms with Crippen molar-refractivity contribution in [1.82, 2.24) is 24.8 Å². The van der Waals surface area contributed by atoms with E-state index >= 15 is 0 Å². The standard InChI is InChI=1S/C30H36FN7O2/c1-18(2)22-15-33-26(20-7-9-21(31)10-8-20)36-27(22)35-23-11-12-32-28-25(23)24(16-34-28)38-14-13-37(17-19(38)3)29(39)40-30(4,5)6/h7-12,15-16,18-19H,13-14,17H2,1-6H3,(H2,32,33,34,35,36)/t19-/m1/s1. The number of carbonyl (C=O) groups excluding carboxylic acids is 1. The number of benzene rings is 1. The van der Waals surface area contributed by atoms with Gasteiger partial charge in [-0.05, 0) is 63.9 Å². The lowest BCUT2D eigenvalue weighted by Crippen LogP contribution is -2.54. The van der Waals surface area contributed by atoms with Crippen molar-refractivity contribution in [2.24, 2.45) is 0 Å². The first kappa shape index (κ1) is 27.4. The summed E-state index contributed by atoms with van der Waals surface area (Å²) in [5.74, 6) is 1.07. The summed E-state index contributed by atoms with van der Waals surface area (Å²) in [7, 11) is 0. The molecule has 4 heterocycles. The number of anilines is 3. The molecule has 3 aromatic heterocycles. The summed E-state index contributed by atoms with van der Waals surface area (Å²) in [5.41, 5.74) is 3.77. The van der Waals surface area contributed by atoms with Crippen LogP contribution in [0, 0.1) is 5.82 Å². The molecule has 1 fully saturated rings. The highest BCUT2D eigenvalue weighted by molar-refractivity contribution is 6.01. The fourth-order valence-corrected chi connectivity index (χ4v) is 4.96. The summed E-state index contributed by atoms with van der Waals surface area (Å²) in [6.07, 6.45) is 5.26. The number of aromatic nitrogens is 4. The topological polar surface area (TPSA) is 99.3 Å². The van der Waals surface area contributed by atoms with Gasteiger partial charge < -0.3 is 24.8 Å². The number of H-pyrrole nitrogens is 1. The van der Waals surface area contributed by atoms with Crippen LogP contribution in [0.3, 0.4) is 0 Å². The maximum absolute atomic E-state index is 13.5. The number of halogens is 1. The molecule has 9 nitrogen and oxygen atoms in total. The number of hydrogen-bond donors (Lipinski definition) is 2. The van der Waals surface area contributed by atoms with Gasteiger partial charge in [0.2, 0.25) is 0 Å². The van der Waals surface area contributed by atoms with Crippen LogP contribution in [0.2, 0.25) is 0 Å². The maximum atomic E-state index is 13.5. The molecule has 0 bridgehead atoms. The zero-order valence-electron chi connectivity index (χ0n) is 23.8. The summed E-state index contributed by atoms with van der Waals surface area (Å²) in [5, 5.41) is 4.50. The quantitative estimate of drug-likeness (QED) is 0.296. The maximum Gasteiger partial charge on any atom is 0.410 e. The lowest BCUT2D eigenvalue weighted by molar-refractivity contribution is 0.0219. The molecule has 0 unspecified atom stereocenters. The molecule has 5 rings (SSSR count). The fourth-order valence-electron chi connectivity index (χ4n) is 4.96. The van der Waals surface area contributed by atoms with Gasteiger partial charge in [-0.25, -0.2) is 24.1 Å². The largest absolute Gasteiger partial charge is 0.444 e. The number of aromatic amines is 1. The summed E-state index contributed by atoms with van der Waals surface area (Å²) >= 11 is 0. The Morgan fingerprint density at radius 3 is 2.58 bits per heavy atom. The van der Waals surface area contributed by atoms with E-state index in [1.807, 2.05) is 39.2 Å². The summed E-state index contributed by atoms with van der Waals surface area (Å²) in [4.78, 5) is 34.0. The second kappa shape index (κ2) is 10.7. The van der Waals surface area contributed by atoms with Gasteiger partial charge in [-0.2, -0.15) is 0 Å². The number of pyridine rings is 1. The van der Waals surface area contributed by atoms with Crippen molar-refractivity contribution in [3.8, 4) is 11.4 Å². The van der Waals surface area contributed by atoms with Gasteiger partial charge in [0.1, 0.15) is 22.9 Å². The third-order valence-electron chi connectivity index (χ3n) is 6.94. The van der Waals surface area contributed by atoms with E-state index in [1.165, 1.54) is 12.1 Å². The average molecular weight is 546 g/mol. The van der Waals surface area contributed by atoms with Crippen LogP contribution in [0.5, 0.6) is 0 Å². The molecule has 1 aromatic carbocycles. The third kappa shape index (κ3) is 5.71. The molecule has 10 heteroatoms. The molecule has 1 saturated heterocycles. The van der Waals surface area contributed by atoms with Gasteiger partial charge >= 0.3 is 6.09 Å². The fraction of sp³-hybridized carbons (Fsp3) is 0.400. The zero-order valence-corrected chi connectivity index (χ0v) is 23.8. The van der Waals surface area contributed by atoms with Crippen molar-refractivity contribution in [3.05, 3.63) is 60.3 Å². The third-order valence-corrected chi connectivity index (χ3v) is 6.94. The Balaban J connectivity index is 1.46. The summed E-state index contributed by atoms with van der Waals surface area (Å²) in [6.45, 7) is 13.7. The number of amides is 1. The normalized spacial score (nSPS) is 16.1. The van der Waals surface area contributed by atoms with Gasteiger partial charge in [0.25, 0.3) is 0 Å². The molecule has 1 aliphatic heterocycles. The molecule has 4 aromatic rings. The number of ether oxygens (including phenoxy) is 1. The SMILES string of the molecule is CC(C)c1cnc(-c2ccc(F)cc2)nc1Nc1ccnc2[nH]cc(N3CCN(C(=O)OC(C)(C)C)C[C@H]3C)c12. The Labute approximate surface area is 233 Å². The Morgan fingerprint density at radius 2 is 1.90 bits per heavy atom. The number of piperazine rings is 1. The van der Waals surface area contributed by atoms with Crippen LogP contribution in [0.15, 0.2) is 48.9 Å². The molecule has 0 saturated carbocycles. The van der Waals surface area contributed by atoms with E-state index in [4.69, 9.17) is 9.72 Å². The van der Waals surface area contributed by atoms with E-state index in [9.17, 15) is 9.18 Å². The number of hydrogen-bond acceptors (Lipinski definition) is 7. The van der Waals surface area contributed by atoms with Gasteiger partial charge in [0.15, 0.2) is 5.82 Å². The lowest BCUT2D eigenvalue weighted by atomic mass is 10.1. The van der Waals surface area contributed by atoms with Crippen LogP contribution in [0.4, 0.5) is 26.4 Å². The molecule has 0 radical (unpaired) electrons. The van der Waals surface area contributed by atoms with Gasteiger partial charge in [-0.1, -0.05) is 13.8 Å². The van der Waals surface area contributed by atoms with Crippen molar-refractivity contribution in [3.63, 3.8) is 0 Å². The highest BCUT2D eigenvalue weighted by Crippen LogP contribution is 2.37. The minimum atomic E-state index is -0.535. The predicted molar refractivity (Wildman–Crippen MR) is 156 cm³/mol. The van der Waals surface area contributed by atoms with E-state index in [1.54, 1.807) is 23.2 Å². The van der Waals surface area contributed by atoms with Crippen molar-refractivity contribution in [2.45, 2.75) is 59.1 Å². The van der Waals surface area contributed by atoms with Gasteiger partial charge in [0, 0.05) is 55.4 Å². The van der Waals surface area contributed by atoms with Crippen LogP contribution in [-0.4, -0.2) is 62.2 Å². The van der Waals surface area contributed by atoms with Crippen molar-refractivity contribution < 1.29 is 13.9 Å². The minimum absolute atomic E-state index is 0.0590. The molecule has 1 atom stereocenters. The van der Waals surface area contributed by atoms with E-state index in [-0.39, 0.29) is 23.9 Å². The first-order valence-corrected chi connectivity index (χ1v) is 13.6. The second-order valence-corrected chi connectivity index (χ2v) is 11.5. The molecule has 0 aliphatic carbocycles. The number of nitrogens with zero attached hydrogens (tertiary/aromatic N) is 5. The Bertz CT molecular complexity index is 1510. The molecule has 1 amide bonds. The highest BCUT2D eigenvalue weighted by Gasteiger charge is 2.31. The van der Waals surface area contributed by atoms with E-state index in [0.29, 0.717) is 31.3 Å².